The molecule has 1 amide bonds. The predicted molar refractivity (Wildman–Crippen MR) is 144 cm³/mol. The van der Waals surface area contributed by atoms with Crippen LogP contribution in [-0.2, 0) is 14.8 Å². The van der Waals surface area contributed by atoms with E-state index in [1.165, 1.54) is 18.3 Å². The maximum Gasteiger partial charge on any atom is 0.264 e. The molecule has 0 unspecified atom stereocenters. The van der Waals surface area contributed by atoms with Crippen molar-refractivity contribution in [2.24, 2.45) is 5.10 Å². The van der Waals surface area contributed by atoms with Gasteiger partial charge in [0.2, 0.25) is 0 Å². The van der Waals surface area contributed by atoms with Crippen molar-refractivity contribution in [1.82, 2.24) is 5.43 Å². The fourth-order valence-corrected chi connectivity index (χ4v) is 5.11. The number of hydrazone groups is 1. The van der Waals surface area contributed by atoms with Crippen LogP contribution in [0.3, 0.4) is 0 Å². The van der Waals surface area contributed by atoms with Gasteiger partial charge in [0.1, 0.15) is 18.0 Å². The summed E-state index contributed by atoms with van der Waals surface area (Å²) in [7, 11) is -4.00. The average Bonchev–Trinajstić information content (AvgIpc) is 2.88. The van der Waals surface area contributed by atoms with Crippen LogP contribution in [0.4, 0.5) is 5.69 Å². The summed E-state index contributed by atoms with van der Waals surface area (Å²) in [5, 5.41) is 4.00. The average molecular weight is 564 g/mol. The van der Waals surface area contributed by atoms with Crippen molar-refractivity contribution in [3.05, 3.63) is 119 Å². The number of rotatable bonds is 9. The van der Waals surface area contributed by atoms with Crippen molar-refractivity contribution in [1.29, 1.82) is 0 Å². The molecule has 0 bridgehead atoms. The Kier molecular flexibility index (Phi) is 8.14. The smallest absolute Gasteiger partial charge is 0.264 e. The zero-order valence-electron chi connectivity index (χ0n) is 19.0. The van der Waals surface area contributed by atoms with Crippen molar-refractivity contribution >= 4 is 43.8 Å². The number of halogens is 1. The number of carbonyl (C=O) groups excluding carboxylic acids is 1. The number of carbonyl (C=O) groups is 1. The molecule has 0 spiro atoms. The summed E-state index contributed by atoms with van der Waals surface area (Å²) < 4.78 is 34.2. The maximum absolute atomic E-state index is 13.3. The van der Waals surface area contributed by atoms with Gasteiger partial charge >= 0.3 is 0 Å². The van der Waals surface area contributed by atoms with Gasteiger partial charge in [0.05, 0.1) is 16.8 Å². The Labute approximate surface area is 218 Å². The van der Waals surface area contributed by atoms with Gasteiger partial charge in [0, 0.05) is 4.47 Å². The highest BCUT2D eigenvalue weighted by Gasteiger charge is 2.27. The summed E-state index contributed by atoms with van der Waals surface area (Å²) in [6.45, 7) is -0.456. The molecule has 1 N–H and O–H groups in total. The first kappa shape index (κ1) is 25.2. The van der Waals surface area contributed by atoms with Crippen LogP contribution in [0.15, 0.2) is 124 Å². The van der Waals surface area contributed by atoms with E-state index in [4.69, 9.17) is 4.74 Å². The third-order valence-corrected chi connectivity index (χ3v) is 7.24. The number of hydrogen-bond acceptors (Lipinski definition) is 5. The van der Waals surface area contributed by atoms with E-state index in [-0.39, 0.29) is 4.90 Å². The number of anilines is 1. The largest absolute Gasteiger partial charge is 0.457 e. The molecule has 0 heterocycles. The van der Waals surface area contributed by atoms with Crippen LogP contribution in [0.1, 0.15) is 5.56 Å². The van der Waals surface area contributed by atoms with Crippen molar-refractivity contribution in [2.75, 3.05) is 10.8 Å². The minimum absolute atomic E-state index is 0.0801. The lowest BCUT2D eigenvalue weighted by Crippen LogP contribution is -2.39. The van der Waals surface area contributed by atoms with Gasteiger partial charge in [0.15, 0.2) is 0 Å². The lowest BCUT2D eigenvalue weighted by Gasteiger charge is -2.23. The Balaban J connectivity index is 1.48. The van der Waals surface area contributed by atoms with Gasteiger partial charge in [-0.1, -0.05) is 70.5 Å². The van der Waals surface area contributed by atoms with Gasteiger partial charge in [-0.2, -0.15) is 5.10 Å². The van der Waals surface area contributed by atoms with Crippen molar-refractivity contribution in [3.8, 4) is 11.5 Å². The zero-order valence-corrected chi connectivity index (χ0v) is 21.4. The molecule has 0 saturated carbocycles. The predicted octanol–water partition coefficient (Wildman–Crippen LogP) is 5.59. The minimum atomic E-state index is -4.00. The minimum Gasteiger partial charge on any atom is -0.457 e. The Morgan fingerprint density at radius 2 is 1.53 bits per heavy atom. The van der Waals surface area contributed by atoms with Crippen LogP contribution in [0.25, 0.3) is 0 Å². The van der Waals surface area contributed by atoms with Gasteiger partial charge in [-0.05, 0) is 60.2 Å². The number of hydrogen-bond donors (Lipinski definition) is 1. The fourth-order valence-electron chi connectivity index (χ4n) is 3.29. The summed E-state index contributed by atoms with van der Waals surface area (Å²) >= 11 is 3.36. The van der Waals surface area contributed by atoms with E-state index in [0.29, 0.717) is 27.2 Å². The second kappa shape index (κ2) is 11.7. The van der Waals surface area contributed by atoms with E-state index in [9.17, 15) is 13.2 Å². The Morgan fingerprint density at radius 3 is 2.25 bits per heavy atom. The highest BCUT2D eigenvalue weighted by atomic mass is 79.9. The molecule has 4 rings (SSSR count). The Hall–Kier alpha value is -3.95. The van der Waals surface area contributed by atoms with E-state index >= 15 is 0 Å². The van der Waals surface area contributed by atoms with E-state index < -0.39 is 22.5 Å². The second-order valence-corrected chi connectivity index (χ2v) is 10.4. The van der Waals surface area contributed by atoms with E-state index in [0.717, 1.165) is 4.31 Å². The number of ether oxygens (including phenoxy) is 1. The topological polar surface area (TPSA) is 88.1 Å². The van der Waals surface area contributed by atoms with Crippen molar-refractivity contribution in [3.63, 3.8) is 0 Å². The fraction of sp³-hybridized carbons (Fsp3) is 0.0370. The third-order valence-electron chi connectivity index (χ3n) is 4.95. The van der Waals surface area contributed by atoms with Crippen LogP contribution >= 0.6 is 15.9 Å². The van der Waals surface area contributed by atoms with E-state index in [1.807, 2.05) is 42.5 Å². The summed E-state index contributed by atoms with van der Waals surface area (Å²) in [5.74, 6) is 0.723. The Bertz CT molecular complexity index is 1460. The quantitative estimate of drug-likeness (QED) is 0.212. The summed E-state index contributed by atoms with van der Waals surface area (Å²) in [4.78, 5) is 12.8. The number of nitrogens with zero attached hydrogens (tertiary/aromatic N) is 2. The van der Waals surface area contributed by atoms with Gasteiger partial charge in [-0.25, -0.2) is 13.8 Å². The number of para-hydroxylation sites is 1. The molecule has 7 nitrogen and oxygen atoms in total. The molecule has 0 aliphatic carbocycles. The summed E-state index contributed by atoms with van der Waals surface area (Å²) in [6.07, 6.45) is 1.46. The van der Waals surface area contributed by atoms with Gasteiger partial charge in [-0.15, -0.1) is 0 Å². The van der Waals surface area contributed by atoms with Gasteiger partial charge in [-0.3, -0.25) is 9.10 Å². The second-order valence-electron chi connectivity index (χ2n) is 7.59. The third kappa shape index (κ3) is 6.59. The van der Waals surface area contributed by atoms with E-state index in [2.05, 4.69) is 26.5 Å². The van der Waals surface area contributed by atoms with Crippen molar-refractivity contribution in [2.45, 2.75) is 4.90 Å². The molecule has 182 valence electrons. The van der Waals surface area contributed by atoms with E-state index in [1.54, 1.807) is 54.6 Å². The van der Waals surface area contributed by atoms with Crippen LogP contribution in [0.2, 0.25) is 0 Å². The first-order valence-corrected chi connectivity index (χ1v) is 13.1. The SMILES string of the molecule is O=C(CN(c1cccc(Br)c1)S(=O)(=O)c1ccccc1)N/N=C/c1cccc(Oc2ccccc2)c1. The molecule has 4 aromatic rings. The molecule has 36 heavy (non-hydrogen) atoms. The number of sulfonamides is 1. The first-order valence-electron chi connectivity index (χ1n) is 10.9. The van der Waals surface area contributed by atoms with Crippen LogP contribution in [0, 0.1) is 0 Å². The highest BCUT2D eigenvalue weighted by molar-refractivity contribution is 9.10. The molecule has 9 heteroatoms. The summed E-state index contributed by atoms with van der Waals surface area (Å²) in [6, 6.07) is 31.3. The normalized spacial score (nSPS) is 11.2. The van der Waals surface area contributed by atoms with Gasteiger partial charge < -0.3 is 4.74 Å². The molecule has 0 saturated heterocycles. The van der Waals surface area contributed by atoms with Gasteiger partial charge in [0.25, 0.3) is 15.9 Å². The van der Waals surface area contributed by atoms with Crippen molar-refractivity contribution < 1.29 is 17.9 Å². The lowest BCUT2D eigenvalue weighted by molar-refractivity contribution is -0.119. The molecule has 0 atom stereocenters. The number of benzene rings is 4. The monoisotopic (exact) mass is 563 g/mol. The Morgan fingerprint density at radius 1 is 0.861 bits per heavy atom. The summed E-state index contributed by atoms with van der Waals surface area (Å²) in [5.41, 5.74) is 3.45. The molecule has 4 aromatic carbocycles. The van der Waals surface area contributed by atoms with Crippen LogP contribution < -0.4 is 14.5 Å². The van der Waals surface area contributed by atoms with Crippen LogP contribution in [-0.4, -0.2) is 27.1 Å². The maximum atomic E-state index is 13.3. The number of nitrogens with one attached hydrogen (secondary N) is 1. The lowest BCUT2D eigenvalue weighted by atomic mass is 10.2. The molecule has 0 radical (unpaired) electrons. The number of amides is 1. The molecular formula is C27H22BrN3O4S. The van der Waals surface area contributed by atoms with Crippen LogP contribution in [0.5, 0.6) is 11.5 Å². The highest BCUT2D eigenvalue weighted by Crippen LogP contribution is 2.26. The zero-order chi connectivity index (χ0) is 25.4. The molecule has 0 fully saturated rings. The molecule has 0 aliphatic heterocycles. The first-order chi connectivity index (χ1) is 17.4. The molecular weight excluding hydrogens is 542 g/mol. The molecule has 0 aliphatic rings. The molecule has 0 aromatic heterocycles. The standard InChI is InChI=1S/C27H22BrN3O4S/c28-22-10-8-11-23(18-22)31(36(33,34)26-15-5-2-6-16-26)20-27(32)30-29-19-21-9-7-14-25(17-21)35-24-12-3-1-4-13-24/h1-19H,20H2,(H,30,32)/b29-19+.